The Morgan fingerprint density at radius 1 is 1.00 bits per heavy atom. The molecule has 0 amide bonds. The van der Waals surface area contributed by atoms with E-state index in [-0.39, 0.29) is 5.50 Å². The number of hydrogen-bond donors (Lipinski definition) is 0. The van der Waals surface area contributed by atoms with E-state index in [1.54, 1.807) is 16.8 Å². The van der Waals surface area contributed by atoms with Crippen LogP contribution in [0.5, 0.6) is 0 Å². The molecule has 2 aliphatic heterocycles. The number of para-hydroxylation sites is 1. The lowest BCUT2D eigenvalue weighted by Gasteiger charge is -2.20. The Morgan fingerprint density at radius 3 is 2.55 bits per heavy atom. The van der Waals surface area contributed by atoms with Crippen molar-refractivity contribution in [3.63, 3.8) is 0 Å². The first-order valence-electron chi connectivity index (χ1n) is 6.32. The summed E-state index contributed by atoms with van der Waals surface area (Å²) in [6.45, 7) is 0. The minimum Gasteiger partial charge on any atom is -0.313 e. The second kappa shape index (κ2) is 4.38. The molecule has 0 spiro atoms. The van der Waals surface area contributed by atoms with Crippen molar-refractivity contribution in [1.29, 1.82) is 0 Å². The quantitative estimate of drug-likeness (QED) is 0.783. The van der Waals surface area contributed by atoms with Gasteiger partial charge in [-0.2, -0.15) is 5.01 Å². The van der Waals surface area contributed by atoms with Gasteiger partial charge in [-0.3, -0.25) is 0 Å². The van der Waals surface area contributed by atoms with Crippen molar-refractivity contribution < 1.29 is 0 Å². The van der Waals surface area contributed by atoms with Crippen LogP contribution in [0.1, 0.15) is 5.56 Å². The Labute approximate surface area is 120 Å². The molecular weight excluding hydrogens is 270 g/mol. The van der Waals surface area contributed by atoms with Crippen LogP contribution < -0.4 is 4.90 Å². The maximum atomic E-state index is 11.3. The van der Waals surface area contributed by atoms with Gasteiger partial charge >= 0.3 is 0 Å². The van der Waals surface area contributed by atoms with E-state index in [0.29, 0.717) is 0 Å². The van der Waals surface area contributed by atoms with Crippen molar-refractivity contribution in [2.75, 3.05) is 4.90 Å². The molecule has 0 radical (unpaired) electrons. The fourth-order valence-electron chi connectivity index (χ4n) is 2.57. The second-order valence-electron chi connectivity index (χ2n) is 4.63. The van der Waals surface area contributed by atoms with Crippen molar-refractivity contribution in [3.8, 4) is 0 Å². The van der Waals surface area contributed by atoms with Gasteiger partial charge < -0.3 is 4.90 Å². The van der Waals surface area contributed by atoms with E-state index in [0.717, 1.165) is 16.9 Å². The van der Waals surface area contributed by atoms with Gasteiger partial charge in [0.2, 0.25) is 0 Å². The van der Waals surface area contributed by atoms with E-state index >= 15 is 0 Å². The third-order valence-electron chi connectivity index (χ3n) is 3.49. The molecule has 0 saturated carbocycles. The van der Waals surface area contributed by atoms with Gasteiger partial charge in [-0.05, 0) is 12.1 Å². The van der Waals surface area contributed by atoms with Gasteiger partial charge in [0.05, 0.1) is 16.7 Å². The third-order valence-corrected chi connectivity index (χ3v) is 4.73. The van der Waals surface area contributed by atoms with E-state index in [1.165, 1.54) is 4.90 Å². The van der Waals surface area contributed by atoms with Crippen molar-refractivity contribution in [3.05, 3.63) is 71.3 Å². The molecule has 2 aromatic carbocycles. The standard InChI is InChI=1S/C15H11N3OS/c19-16-18-13(11-6-2-1-3-7-11)10-17-12-8-4-5-9-14(12)20-15(17)18/h1-10,15H. The highest BCUT2D eigenvalue weighted by atomic mass is 32.2. The molecule has 5 heteroatoms. The largest absolute Gasteiger partial charge is 0.313 e. The summed E-state index contributed by atoms with van der Waals surface area (Å²) in [5.41, 5.74) is 2.86. The van der Waals surface area contributed by atoms with Gasteiger partial charge in [-0.25, -0.2) is 0 Å². The van der Waals surface area contributed by atoms with Crippen LogP contribution in [0.15, 0.2) is 71.0 Å². The molecule has 2 aliphatic rings. The maximum absolute atomic E-state index is 11.3. The zero-order valence-corrected chi connectivity index (χ0v) is 11.3. The van der Waals surface area contributed by atoms with E-state index in [1.807, 2.05) is 48.7 Å². The predicted molar refractivity (Wildman–Crippen MR) is 80.6 cm³/mol. The summed E-state index contributed by atoms with van der Waals surface area (Å²) in [5.74, 6) is 0. The zero-order valence-electron chi connectivity index (χ0n) is 10.5. The first kappa shape index (κ1) is 11.5. The Hall–Kier alpha value is -2.27. The van der Waals surface area contributed by atoms with Crippen molar-refractivity contribution in [1.82, 2.24) is 5.01 Å². The summed E-state index contributed by atoms with van der Waals surface area (Å²) in [7, 11) is 0. The van der Waals surface area contributed by atoms with Gasteiger partial charge in [-0.15, -0.1) is 4.91 Å². The summed E-state index contributed by atoms with van der Waals surface area (Å²) in [6.07, 6.45) is 2.00. The van der Waals surface area contributed by atoms with E-state index in [9.17, 15) is 4.91 Å². The van der Waals surface area contributed by atoms with Crippen molar-refractivity contribution in [2.45, 2.75) is 10.4 Å². The molecule has 1 atom stereocenters. The molecule has 2 aromatic rings. The predicted octanol–water partition coefficient (Wildman–Crippen LogP) is 3.88. The topological polar surface area (TPSA) is 35.9 Å². The molecule has 0 aliphatic carbocycles. The Balaban J connectivity index is 1.81. The van der Waals surface area contributed by atoms with Crippen LogP contribution in [-0.2, 0) is 0 Å². The number of benzene rings is 2. The lowest BCUT2D eigenvalue weighted by Crippen LogP contribution is -2.29. The highest BCUT2D eigenvalue weighted by Crippen LogP contribution is 2.50. The third kappa shape index (κ3) is 1.56. The smallest absolute Gasteiger partial charge is 0.183 e. The van der Waals surface area contributed by atoms with Crippen LogP contribution in [0.3, 0.4) is 0 Å². The van der Waals surface area contributed by atoms with Crippen LogP contribution >= 0.6 is 11.8 Å². The number of hydrogen-bond acceptors (Lipinski definition) is 4. The van der Waals surface area contributed by atoms with Crippen LogP contribution in [0.25, 0.3) is 5.70 Å². The molecule has 2 heterocycles. The van der Waals surface area contributed by atoms with Gasteiger partial charge in [0.1, 0.15) is 0 Å². The summed E-state index contributed by atoms with van der Waals surface area (Å²) in [6, 6.07) is 18.0. The van der Waals surface area contributed by atoms with Gasteiger partial charge in [-0.1, -0.05) is 54.2 Å². The van der Waals surface area contributed by atoms with Crippen LogP contribution in [-0.4, -0.2) is 10.5 Å². The molecule has 0 bridgehead atoms. The maximum Gasteiger partial charge on any atom is 0.183 e. The number of thioether (sulfide) groups is 1. The SMILES string of the molecule is O=NN1C(c2ccccc2)=CN2c3ccccc3SC12. The lowest BCUT2D eigenvalue weighted by molar-refractivity contribution is 0.419. The number of fused-ring (bicyclic) bond motifs is 3. The van der Waals surface area contributed by atoms with Gasteiger partial charge in [0.25, 0.3) is 0 Å². The summed E-state index contributed by atoms with van der Waals surface area (Å²) >= 11 is 1.64. The summed E-state index contributed by atoms with van der Waals surface area (Å²) < 4.78 is 0. The Kier molecular flexibility index (Phi) is 2.53. The normalized spacial score (nSPS) is 19.6. The fourth-order valence-corrected chi connectivity index (χ4v) is 3.79. The second-order valence-corrected chi connectivity index (χ2v) is 5.72. The molecule has 0 aromatic heterocycles. The molecule has 0 fully saturated rings. The van der Waals surface area contributed by atoms with E-state index in [4.69, 9.17) is 0 Å². The molecule has 0 N–H and O–H groups in total. The fraction of sp³-hybridized carbons (Fsp3) is 0.0667. The molecule has 0 saturated heterocycles. The summed E-state index contributed by atoms with van der Waals surface area (Å²) in [4.78, 5) is 14.6. The zero-order chi connectivity index (χ0) is 13.5. The number of anilines is 1. The molecule has 4 nitrogen and oxygen atoms in total. The van der Waals surface area contributed by atoms with Crippen LogP contribution in [0.4, 0.5) is 5.69 Å². The lowest BCUT2D eigenvalue weighted by atomic mass is 10.2. The molecule has 20 heavy (non-hydrogen) atoms. The average Bonchev–Trinajstić information content (AvgIpc) is 3.03. The first-order chi connectivity index (χ1) is 9.88. The number of nitrogens with zero attached hydrogens (tertiary/aromatic N) is 3. The Morgan fingerprint density at radius 2 is 1.75 bits per heavy atom. The minimum absolute atomic E-state index is 0.111. The molecule has 98 valence electrons. The molecule has 4 rings (SSSR count). The molecular formula is C15H11N3OS. The van der Waals surface area contributed by atoms with Crippen LogP contribution in [0.2, 0.25) is 0 Å². The van der Waals surface area contributed by atoms with E-state index < -0.39 is 0 Å². The monoisotopic (exact) mass is 281 g/mol. The number of nitroso groups, excluding NO2 is 1. The Bertz CT molecular complexity index is 701. The first-order valence-corrected chi connectivity index (χ1v) is 7.20. The van der Waals surface area contributed by atoms with Crippen molar-refractivity contribution in [2.24, 2.45) is 5.29 Å². The highest BCUT2D eigenvalue weighted by Gasteiger charge is 2.41. The van der Waals surface area contributed by atoms with Gasteiger partial charge in [0, 0.05) is 16.7 Å². The van der Waals surface area contributed by atoms with E-state index in [2.05, 4.69) is 22.3 Å². The molecule has 1 unspecified atom stereocenters. The average molecular weight is 281 g/mol. The van der Waals surface area contributed by atoms with Crippen LogP contribution in [0, 0.1) is 4.91 Å². The highest BCUT2D eigenvalue weighted by molar-refractivity contribution is 8.00. The number of rotatable bonds is 2. The van der Waals surface area contributed by atoms with Crippen molar-refractivity contribution >= 4 is 23.1 Å². The minimum atomic E-state index is -0.111. The van der Waals surface area contributed by atoms with Gasteiger partial charge in [0.15, 0.2) is 5.50 Å². The summed E-state index contributed by atoms with van der Waals surface area (Å²) in [5, 5.41) is 4.77.